The standard InChI is InChI=1S/C15H29N3O2/c1-12(16)14-8-5-7-11-18(14)15(20)9-4-3-6-10-17-13(2)19/h12,14H,3-11,16H2,1-2H3,(H,17,19). The molecule has 1 heterocycles. The summed E-state index contributed by atoms with van der Waals surface area (Å²) < 4.78 is 0. The highest BCUT2D eigenvalue weighted by molar-refractivity contribution is 5.76. The molecule has 0 aromatic carbocycles. The lowest BCUT2D eigenvalue weighted by Gasteiger charge is -2.38. The monoisotopic (exact) mass is 283 g/mol. The van der Waals surface area contributed by atoms with Crippen molar-refractivity contribution in [2.24, 2.45) is 5.73 Å². The normalized spacial score (nSPS) is 20.6. The van der Waals surface area contributed by atoms with Crippen LogP contribution in [0.3, 0.4) is 0 Å². The van der Waals surface area contributed by atoms with Crippen LogP contribution in [-0.2, 0) is 9.59 Å². The molecule has 0 aliphatic carbocycles. The van der Waals surface area contributed by atoms with Crippen molar-refractivity contribution in [1.82, 2.24) is 10.2 Å². The fraction of sp³-hybridized carbons (Fsp3) is 0.867. The largest absolute Gasteiger partial charge is 0.356 e. The number of likely N-dealkylation sites (tertiary alicyclic amines) is 1. The van der Waals surface area contributed by atoms with Gasteiger partial charge in [0, 0.05) is 38.5 Å². The number of amides is 2. The van der Waals surface area contributed by atoms with Gasteiger partial charge in [-0.2, -0.15) is 0 Å². The highest BCUT2D eigenvalue weighted by atomic mass is 16.2. The van der Waals surface area contributed by atoms with Gasteiger partial charge >= 0.3 is 0 Å². The summed E-state index contributed by atoms with van der Waals surface area (Å²) in [5.74, 6) is 0.251. The van der Waals surface area contributed by atoms with E-state index in [2.05, 4.69) is 5.32 Å². The number of carbonyl (C=O) groups excluding carboxylic acids is 2. The van der Waals surface area contributed by atoms with Gasteiger partial charge in [-0.25, -0.2) is 0 Å². The Kier molecular flexibility index (Phi) is 7.59. The molecule has 0 spiro atoms. The van der Waals surface area contributed by atoms with E-state index in [1.165, 1.54) is 13.3 Å². The van der Waals surface area contributed by atoms with Crippen LogP contribution in [0.1, 0.15) is 58.8 Å². The third-order valence-electron chi connectivity index (χ3n) is 3.92. The van der Waals surface area contributed by atoms with Crippen LogP contribution in [0.25, 0.3) is 0 Å². The summed E-state index contributed by atoms with van der Waals surface area (Å²) in [6.45, 7) is 5.07. The van der Waals surface area contributed by atoms with Crippen molar-refractivity contribution in [3.8, 4) is 0 Å². The Morgan fingerprint density at radius 1 is 1.30 bits per heavy atom. The minimum Gasteiger partial charge on any atom is -0.356 e. The van der Waals surface area contributed by atoms with Crippen molar-refractivity contribution < 1.29 is 9.59 Å². The molecule has 20 heavy (non-hydrogen) atoms. The van der Waals surface area contributed by atoms with E-state index in [-0.39, 0.29) is 23.9 Å². The van der Waals surface area contributed by atoms with E-state index < -0.39 is 0 Å². The van der Waals surface area contributed by atoms with Crippen molar-refractivity contribution >= 4 is 11.8 Å². The fourth-order valence-corrected chi connectivity index (χ4v) is 2.80. The highest BCUT2D eigenvalue weighted by Gasteiger charge is 2.28. The number of unbranched alkanes of at least 4 members (excludes halogenated alkanes) is 2. The third-order valence-corrected chi connectivity index (χ3v) is 3.92. The van der Waals surface area contributed by atoms with Crippen LogP contribution < -0.4 is 11.1 Å². The summed E-state index contributed by atoms with van der Waals surface area (Å²) in [7, 11) is 0. The number of hydrogen-bond acceptors (Lipinski definition) is 3. The lowest BCUT2D eigenvalue weighted by Crippen LogP contribution is -2.51. The van der Waals surface area contributed by atoms with Gasteiger partial charge in [-0.05, 0) is 39.0 Å². The molecule has 1 fully saturated rings. The maximum absolute atomic E-state index is 12.3. The number of nitrogens with zero attached hydrogens (tertiary/aromatic N) is 1. The van der Waals surface area contributed by atoms with Crippen LogP contribution in [0.5, 0.6) is 0 Å². The van der Waals surface area contributed by atoms with Gasteiger partial charge in [-0.1, -0.05) is 6.42 Å². The fourth-order valence-electron chi connectivity index (χ4n) is 2.80. The van der Waals surface area contributed by atoms with Gasteiger partial charge in [-0.15, -0.1) is 0 Å². The molecule has 0 bridgehead atoms. The topological polar surface area (TPSA) is 75.4 Å². The molecule has 0 radical (unpaired) electrons. The number of nitrogens with one attached hydrogen (secondary N) is 1. The second-order valence-corrected chi connectivity index (χ2v) is 5.80. The lowest BCUT2D eigenvalue weighted by molar-refractivity contribution is -0.135. The second-order valence-electron chi connectivity index (χ2n) is 5.80. The summed E-state index contributed by atoms with van der Waals surface area (Å²) in [4.78, 5) is 24.9. The van der Waals surface area contributed by atoms with E-state index in [1.54, 1.807) is 0 Å². The molecule has 3 N–H and O–H groups in total. The van der Waals surface area contributed by atoms with Gasteiger partial charge in [0.15, 0.2) is 0 Å². The first-order valence-electron chi connectivity index (χ1n) is 7.82. The second kappa shape index (κ2) is 8.95. The van der Waals surface area contributed by atoms with Crippen LogP contribution in [0.4, 0.5) is 0 Å². The van der Waals surface area contributed by atoms with Gasteiger partial charge < -0.3 is 16.0 Å². The molecule has 1 saturated heterocycles. The van der Waals surface area contributed by atoms with E-state index in [0.717, 1.165) is 38.6 Å². The SMILES string of the molecule is CC(=O)NCCCCCC(=O)N1CCCCC1C(C)N. The van der Waals surface area contributed by atoms with Crippen LogP contribution in [0.15, 0.2) is 0 Å². The number of rotatable bonds is 7. The molecule has 1 aliphatic rings. The number of piperidine rings is 1. The van der Waals surface area contributed by atoms with Crippen LogP contribution in [-0.4, -0.2) is 41.9 Å². The Morgan fingerprint density at radius 2 is 2.05 bits per heavy atom. The van der Waals surface area contributed by atoms with Crippen molar-refractivity contribution in [2.45, 2.75) is 70.9 Å². The molecular weight excluding hydrogens is 254 g/mol. The molecule has 2 atom stereocenters. The quantitative estimate of drug-likeness (QED) is 0.694. The minimum atomic E-state index is 0.00849. The first-order chi connectivity index (χ1) is 9.52. The van der Waals surface area contributed by atoms with E-state index in [9.17, 15) is 9.59 Å². The summed E-state index contributed by atoms with van der Waals surface area (Å²) in [6, 6.07) is 0.273. The van der Waals surface area contributed by atoms with E-state index >= 15 is 0 Å². The van der Waals surface area contributed by atoms with Crippen LogP contribution in [0, 0.1) is 0 Å². The predicted octanol–water partition coefficient (Wildman–Crippen LogP) is 1.41. The van der Waals surface area contributed by atoms with Crippen LogP contribution >= 0.6 is 0 Å². The Morgan fingerprint density at radius 3 is 2.70 bits per heavy atom. The van der Waals surface area contributed by atoms with Crippen molar-refractivity contribution in [3.63, 3.8) is 0 Å². The van der Waals surface area contributed by atoms with E-state index in [4.69, 9.17) is 5.73 Å². The predicted molar refractivity (Wildman–Crippen MR) is 80.2 cm³/mol. The third kappa shape index (κ3) is 5.90. The molecular formula is C15H29N3O2. The van der Waals surface area contributed by atoms with Crippen molar-refractivity contribution in [1.29, 1.82) is 0 Å². The molecule has 2 unspecified atom stereocenters. The smallest absolute Gasteiger partial charge is 0.222 e. The first kappa shape index (κ1) is 17.0. The molecule has 116 valence electrons. The molecule has 0 aromatic heterocycles. The minimum absolute atomic E-state index is 0.00849. The molecule has 2 amide bonds. The number of carbonyl (C=O) groups is 2. The molecule has 1 rings (SSSR count). The molecule has 5 nitrogen and oxygen atoms in total. The Balaban J connectivity index is 2.22. The summed E-state index contributed by atoms with van der Waals surface area (Å²) >= 11 is 0. The Bertz CT molecular complexity index is 318. The molecule has 5 heteroatoms. The molecule has 0 saturated carbocycles. The van der Waals surface area contributed by atoms with E-state index in [0.29, 0.717) is 13.0 Å². The van der Waals surface area contributed by atoms with E-state index in [1.807, 2.05) is 11.8 Å². The number of hydrogen-bond donors (Lipinski definition) is 2. The summed E-state index contributed by atoms with van der Waals surface area (Å²) in [5.41, 5.74) is 5.98. The van der Waals surface area contributed by atoms with Gasteiger partial charge in [0.2, 0.25) is 11.8 Å². The zero-order chi connectivity index (χ0) is 15.0. The zero-order valence-corrected chi connectivity index (χ0v) is 12.9. The average Bonchev–Trinajstić information content (AvgIpc) is 2.42. The Hall–Kier alpha value is -1.10. The summed E-state index contributed by atoms with van der Waals surface area (Å²) in [5, 5.41) is 2.77. The first-order valence-corrected chi connectivity index (χ1v) is 7.82. The van der Waals surface area contributed by atoms with Crippen LogP contribution in [0.2, 0.25) is 0 Å². The lowest BCUT2D eigenvalue weighted by atomic mass is 9.96. The number of nitrogens with two attached hydrogens (primary N) is 1. The van der Waals surface area contributed by atoms with Gasteiger partial charge in [0.05, 0.1) is 0 Å². The summed E-state index contributed by atoms with van der Waals surface area (Å²) in [6.07, 6.45) is 6.70. The molecule has 1 aliphatic heterocycles. The van der Waals surface area contributed by atoms with Gasteiger partial charge in [0.25, 0.3) is 0 Å². The maximum Gasteiger partial charge on any atom is 0.222 e. The van der Waals surface area contributed by atoms with Crippen molar-refractivity contribution in [2.75, 3.05) is 13.1 Å². The molecule has 0 aromatic rings. The zero-order valence-electron chi connectivity index (χ0n) is 12.9. The van der Waals surface area contributed by atoms with Crippen molar-refractivity contribution in [3.05, 3.63) is 0 Å². The highest BCUT2D eigenvalue weighted by Crippen LogP contribution is 2.20. The average molecular weight is 283 g/mol. The van der Waals surface area contributed by atoms with Gasteiger partial charge in [0.1, 0.15) is 0 Å². The van der Waals surface area contributed by atoms with Gasteiger partial charge in [-0.3, -0.25) is 9.59 Å². The Labute approximate surface area is 122 Å². The maximum atomic E-state index is 12.3.